The van der Waals surface area contributed by atoms with E-state index in [2.05, 4.69) is 17.6 Å². The number of imide groups is 1. The fourth-order valence-corrected chi connectivity index (χ4v) is 4.07. The first kappa shape index (κ1) is 18.4. The van der Waals surface area contributed by atoms with Crippen LogP contribution in [0, 0.1) is 11.8 Å². The summed E-state index contributed by atoms with van der Waals surface area (Å²) in [4.78, 5) is 37.3. The zero-order chi connectivity index (χ0) is 17.9. The minimum Gasteiger partial charge on any atom is -0.450 e. The number of hydrogen-bond acceptors (Lipinski definition) is 5. The summed E-state index contributed by atoms with van der Waals surface area (Å²) in [5.74, 6) is -0.304. The molecule has 0 spiro atoms. The molecule has 6 nitrogen and oxygen atoms in total. The highest BCUT2D eigenvalue weighted by molar-refractivity contribution is 7.17. The Labute approximate surface area is 146 Å². The molecule has 0 fully saturated rings. The van der Waals surface area contributed by atoms with E-state index in [-0.39, 0.29) is 18.4 Å². The molecule has 1 aromatic heterocycles. The van der Waals surface area contributed by atoms with Crippen molar-refractivity contribution >= 4 is 34.2 Å². The van der Waals surface area contributed by atoms with E-state index in [9.17, 15) is 14.4 Å². The van der Waals surface area contributed by atoms with E-state index in [4.69, 9.17) is 4.74 Å². The number of alkyl carbamates (subject to hydrolysis) is 1. The van der Waals surface area contributed by atoms with Crippen molar-refractivity contribution in [2.45, 2.75) is 47.0 Å². The monoisotopic (exact) mass is 352 g/mol. The summed E-state index contributed by atoms with van der Waals surface area (Å²) in [5.41, 5.74) is 1.35. The number of carbonyl (C=O) groups is 3. The van der Waals surface area contributed by atoms with E-state index in [0.717, 1.165) is 29.7 Å². The Balaban J connectivity index is 2.33. The Kier molecular flexibility index (Phi) is 5.99. The summed E-state index contributed by atoms with van der Waals surface area (Å²) in [7, 11) is 0. The largest absolute Gasteiger partial charge is 0.450 e. The molecule has 0 aromatic carbocycles. The van der Waals surface area contributed by atoms with Gasteiger partial charge < -0.3 is 10.1 Å². The molecule has 7 heteroatoms. The molecule has 2 rings (SSSR count). The number of nitrogens with one attached hydrogen (secondary N) is 2. The SMILES string of the molecule is CCOC(=O)NC(=O)c1c(NC(=O)C(C)C)sc2c1CC[C@H](C)C2. The first-order valence-electron chi connectivity index (χ1n) is 8.26. The molecule has 0 saturated carbocycles. The van der Waals surface area contributed by atoms with Crippen molar-refractivity contribution in [3.63, 3.8) is 0 Å². The molecule has 1 heterocycles. The second kappa shape index (κ2) is 7.79. The Morgan fingerprint density at radius 3 is 2.67 bits per heavy atom. The number of thiophene rings is 1. The highest BCUT2D eigenvalue weighted by Gasteiger charge is 2.29. The Bertz CT molecular complexity index is 651. The third-order valence-corrected chi connectivity index (χ3v) is 5.16. The van der Waals surface area contributed by atoms with Crippen molar-refractivity contribution in [3.8, 4) is 0 Å². The maximum atomic E-state index is 12.6. The van der Waals surface area contributed by atoms with Gasteiger partial charge in [-0.15, -0.1) is 11.3 Å². The fraction of sp³-hybridized carbons (Fsp3) is 0.588. The Morgan fingerprint density at radius 2 is 2.04 bits per heavy atom. The lowest BCUT2D eigenvalue weighted by Crippen LogP contribution is -2.32. The minimum absolute atomic E-state index is 0.146. The lowest BCUT2D eigenvalue weighted by Gasteiger charge is -2.18. The summed E-state index contributed by atoms with van der Waals surface area (Å²) in [6.07, 6.45) is 1.88. The van der Waals surface area contributed by atoms with Crippen LogP contribution in [0.5, 0.6) is 0 Å². The third-order valence-electron chi connectivity index (χ3n) is 3.99. The second-order valence-corrected chi connectivity index (χ2v) is 7.48. The van der Waals surface area contributed by atoms with E-state index in [1.807, 2.05) is 0 Å². The summed E-state index contributed by atoms with van der Waals surface area (Å²) in [5, 5.41) is 5.60. The van der Waals surface area contributed by atoms with Gasteiger partial charge in [0, 0.05) is 10.8 Å². The van der Waals surface area contributed by atoms with Crippen molar-refractivity contribution in [2.24, 2.45) is 11.8 Å². The van der Waals surface area contributed by atoms with Gasteiger partial charge in [-0.1, -0.05) is 20.8 Å². The number of rotatable bonds is 4. The van der Waals surface area contributed by atoms with Gasteiger partial charge in [0.05, 0.1) is 12.2 Å². The quantitative estimate of drug-likeness (QED) is 0.870. The molecule has 1 aromatic rings. The van der Waals surface area contributed by atoms with Gasteiger partial charge in [-0.2, -0.15) is 0 Å². The highest BCUT2D eigenvalue weighted by atomic mass is 32.1. The van der Waals surface area contributed by atoms with Crippen LogP contribution < -0.4 is 10.6 Å². The molecule has 0 radical (unpaired) electrons. The topological polar surface area (TPSA) is 84.5 Å². The molecule has 0 aliphatic heterocycles. The molecule has 0 saturated heterocycles. The molecule has 132 valence electrons. The molecule has 0 bridgehead atoms. The van der Waals surface area contributed by atoms with Crippen LogP contribution in [0.1, 0.15) is 54.9 Å². The van der Waals surface area contributed by atoms with Gasteiger partial charge in [-0.3, -0.25) is 14.9 Å². The third kappa shape index (κ3) is 4.14. The average Bonchev–Trinajstić information content (AvgIpc) is 2.83. The number of hydrogen-bond donors (Lipinski definition) is 2. The van der Waals surface area contributed by atoms with Gasteiger partial charge in [-0.25, -0.2) is 4.79 Å². The molecule has 1 aliphatic rings. The average molecular weight is 352 g/mol. The molecule has 0 unspecified atom stereocenters. The van der Waals surface area contributed by atoms with Crippen LogP contribution in [-0.4, -0.2) is 24.5 Å². The van der Waals surface area contributed by atoms with Crippen LogP contribution in [0.2, 0.25) is 0 Å². The van der Waals surface area contributed by atoms with Crippen LogP contribution in [0.15, 0.2) is 0 Å². The van der Waals surface area contributed by atoms with Crippen LogP contribution in [0.25, 0.3) is 0 Å². The number of carbonyl (C=O) groups excluding carboxylic acids is 3. The molecule has 2 N–H and O–H groups in total. The standard InChI is InChI=1S/C17H24N2O4S/c1-5-23-17(22)19-15(21)13-11-7-6-10(4)8-12(11)24-16(13)18-14(20)9(2)3/h9-10H,5-8H2,1-4H3,(H,18,20)(H,19,21,22)/t10-/m0/s1. The first-order valence-corrected chi connectivity index (χ1v) is 9.08. The zero-order valence-electron chi connectivity index (χ0n) is 14.5. The molecular weight excluding hydrogens is 328 g/mol. The van der Waals surface area contributed by atoms with Gasteiger partial charge in [0.1, 0.15) is 5.00 Å². The van der Waals surface area contributed by atoms with Gasteiger partial charge in [0.15, 0.2) is 0 Å². The van der Waals surface area contributed by atoms with Crippen molar-refractivity contribution in [1.82, 2.24) is 5.32 Å². The van der Waals surface area contributed by atoms with Gasteiger partial charge >= 0.3 is 6.09 Å². The fourth-order valence-electron chi connectivity index (χ4n) is 2.66. The molecule has 24 heavy (non-hydrogen) atoms. The summed E-state index contributed by atoms with van der Waals surface area (Å²) in [6.45, 7) is 7.63. The van der Waals surface area contributed by atoms with Crippen LogP contribution in [0.4, 0.5) is 9.80 Å². The van der Waals surface area contributed by atoms with Crippen LogP contribution >= 0.6 is 11.3 Å². The summed E-state index contributed by atoms with van der Waals surface area (Å²) >= 11 is 1.44. The minimum atomic E-state index is -0.771. The highest BCUT2D eigenvalue weighted by Crippen LogP contribution is 2.39. The van der Waals surface area contributed by atoms with E-state index >= 15 is 0 Å². The lowest BCUT2D eigenvalue weighted by molar-refractivity contribution is -0.118. The van der Waals surface area contributed by atoms with Crippen molar-refractivity contribution in [1.29, 1.82) is 0 Å². The molecule has 3 amide bonds. The van der Waals surface area contributed by atoms with Gasteiger partial charge in [0.25, 0.3) is 5.91 Å². The molecule has 1 aliphatic carbocycles. The predicted octanol–water partition coefficient (Wildman–Crippen LogP) is 3.35. The smallest absolute Gasteiger partial charge is 0.414 e. The lowest BCUT2D eigenvalue weighted by atomic mass is 9.88. The number of amides is 3. The van der Waals surface area contributed by atoms with Crippen molar-refractivity contribution in [2.75, 3.05) is 11.9 Å². The number of fused-ring (bicyclic) bond motifs is 1. The summed E-state index contributed by atoms with van der Waals surface area (Å²) in [6, 6.07) is 0. The molecule has 1 atom stereocenters. The van der Waals surface area contributed by atoms with E-state index in [0.29, 0.717) is 16.5 Å². The van der Waals surface area contributed by atoms with Crippen LogP contribution in [-0.2, 0) is 22.4 Å². The normalized spacial score (nSPS) is 16.5. The molecular formula is C17H24N2O4S. The summed E-state index contributed by atoms with van der Waals surface area (Å²) < 4.78 is 4.78. The number of anilines is 1. The number of ether oxygens (including phenoxy) is 1. The Hall–Kier alpha value is -1.89. The maximum absolute atomic E-state index is 12.6. The van der Waals surface area contributed by atoms with Gasteiger partial charge in [-0.05, 0) is 37.7 Å². The maximum Gasteiger partial charge on any atom is 0.414 e. The van der Waals surface area contributed by atoms with E-state index < -0.39 is 12.0 Å². The zero-order valence-corrected chi connectivity index (χ0v) is 15.3. The Morgan fingerprint density at radius 1 is 1.33 bits per heavy atom. The van der Waals surface area contributed by atoms with Crippen molar-refractivity contribution in [3.05, 3.63) is 16.0 Å². The second-order valence-electron chi connectivity index (χ2n) is 6.37. The van der Waals surface area contributed by atoms with E-state index in [1.165, 1.54) is 11.3 Å². The van der Waals surface area contributed by atoms with Crippen molar-refractivity contribution < 1.29 is 19.1 Å². The first-order chi connectivity index (χ1) is 11.3. The van der Waals surface area contributed by atoms with E-state index in [1.54, 1.807) is 20.8 Å². The van der Waals surface area contributed by atoms with Gasteiger partial charge in [0.2, 0.25) is 5.91 Å². The predicted molar refractivity (Wildman–Crippen MR) is 93.5 cm³/mol. The van der Waals surface area contributed by atoms with Crippen LogP contribution in [0.3, 0.4) is 0 Å².